The Morgan fingerprint density at radius 2 is 1.76 bits per heavy atom. The average Bonchev–Trinajstić information content (AvgIpc) is 3.90. The van der Waals surface area contributed by atoms with Crippen molar-refractivity contribution in [3.8, 4) is 16.9 Å². The smallest absolute Gasteiger partial charge is 0.496 e. The molecule has 0 radical (unpaired) electrons. The van der Waals surface area contributed by atoms with Crippen molar-refractivity contribution in [3.63, 3.8) is 0 Å². The largest absolute Gasteiger partial charge is 0.519 e. The van der Waals surface area contributed by atoms with Crippen LogP contribution in [0.5, 0.6) is 5.75 Å². The van der Waals surface area contributed by atoms with E-state index >= 15 is 0 Å². The second-order valence-corrected chi connectivity index (χ2v) is 11.1. The van der Waals surface area contributed by atoms with Crippen molar-refractivity contribution in [1.82, 2.24) is 15.6 Å². The minimum atomic E-state index is -0.964. The molecule has 1 aliphatic carbocycles. The molecule has 15 heteroatoms. The standard InChI is InChI=1S/C35H33N5O10/c1-5-20-14-25(24(15-27(20)46-3)23-12-13-26(39-29(23)33(43)47-4)32(42)37-16-19-6-7-19)31(41)38-22-10-8-21(9-11-22)30(36)40-34(44)48-17-28-18(2)49-35(45)50-28/h5,8-15,19H,1,6-7,16-17H2,2-4H3,(H,37,42)(H,38,41)(H2,36,40,44). The molecule has 0 unspecified atom stereocenters. The summed E-state index contributed by atoms with van der Waals surface area (Å²) in [6.07, 6.45) is 2.64. The van der Waals surface area contributed by atoms with E-state index < -0.39 is 29.7 Å². The van der Waals surface area contributed by atoms with Gasteiger partial charge in [0.25, 0.3) is 11.8 Å². The molecule has 1 saturated carbocycles. The van der Waals surface area contributed by atoms with Crippen molar-refractivity contribution in [2.75, 3.05) is 26.1 Å². The molecule has 50 heavy (non-hydrogen) atoms. The highest BCUT2D eigenvalue weighted by atomic mass is 16.6. The Kier molecular flexibility index (Phi) is 10.5. The zero-order valence-electron chi connectivity index (χ0n) is 27.3. The van der Waals surface area contributed by atoms with E-state index in [0.717, 1.165) is 12.8 Å². The number of nitrogens with zero attached hydrogens (tertiary/aromatic N) is 1. The van der Waals surface area contributed by atoms with Gasteiger partial charge in [-0.3, -0.25) is 20.3 Å². The topological polar surface area (TPSA) is 212 Å². The summed E-state index contributed by atoms with van der Waals surface area (Å²) >= 11 is 0. The average molecular weight is 684 g/mol. The quantitative estimate of drug-likeness (QED) is 0.0914. The van der Waals surface area contributed by atoms with Gasteiger partial charge in [0.2, 0.25) is 0 Å². The molecule has 4 N–H and O–H groups in total. The summed E-state index contributed by atoms with van der Waals surface area (Å²) in [6.45, 7) is 5.42. The Hall–Kier alpha value is -6.51. The van der Waals surface area contributed by atoms with Gasteiger partial charge in [0.15, 0.2) is 23.8 Å². The predicted molar refractivity (Wildman–Crippen MR) is 179 cm³/mol. The van der Waals surface area contributed by atoms with Crippen molar-refractivity contribution >= 4 is 41.5 Å². The first-order valence-corrected chi connectivity index (χ1v) is 15.3. The first-order valence-electron chi connectivity index (χ1n) is 15.3. The summed E-state index contributed by atoms with van der Waals surface area (Å²) in [5, 5.41) is 16.1. The number of amidine groups is 1. The van der Waals surface area contributed by atoms with E-state index in [2.05, 4.69) is 27.5 Å². The molecule has 258 valence electrons. The molecule has 0 bridgehead atoms. The fraction of sp³-hybridized carbons (Fsp3) is 0.229. The highest BCUT2D eigenvalue weighted by molar-refractivity contribution is 6.11. The van der Waals surface area contributed by atoms with Gasteiger partial charge in [0.1, 0.15) is 17.3 Å². The van der Waals surface area contributed by atoms with Crippen LogP contribution in [0.3, 0.4) is 0 Å². The van der Waals surface area contributed by atoms with Crippen LogP contribution >= 0.6 is 0 Å². The highest BCUT2D eigenvalue weighted by Gasteiger charge is 2.26. The third-order valence-corrected chi connectivity index (χ3v) is 7.71. The van der Waals surface area contributed by atoms with Crippen LogP contribution < -0.4 is 26.5 Å². The lowest BCUT2D eigenvalue weighted by Gasteiger charge is -2.17. The van der Waals surface area contributed by atoms with Crippen molar-refractivity contribution in [3.05, 3.63) is 105 Å². The number of methoxy groups -OCH3 is 2. The Labute approximate surface area is 285 Å². The summed E-state index contributed by atoms with van der Waals surface area (Å²) in [5.74, 6) is -2.02. The normalized spacial score (nSPS) is 12.0. The Morgan fingerprint density at radius 1 is 1.02 bits per heavy atom. The van der Waals surface area contributed by atoms with Crippen LogP contribution in [0.25, 0.3) is 17.2 Å². The number of esters is 1. The number of carbonyl (C=O) groups excluding carboxylic acids is 4. The lowest BCUT2D eigenvalue weighted by Crippen LogP contribution is -2.31. The van der Waals surface area contributed by atoms with Crippen LogP contribution in [-0.2, 0) is 16.1 Å². The lowest BCUT2D eigenvalue weighted by molar-refractivity contribution is 0.0594. The van der Waals surface area contributed by atoms with Crippen LogP contribution in [0.2, 0.25) is 0 Å². The van der Waals surface area contributed by atoms with E-state index in [1.165, 1.54) is 63.6 Å². The number of amides is 3. The van der Waals surface area contributed by atoms with Gasteiger partial charge >= 0.3 is 17.9 Å². The molecule has 1 fully saturated rings. The number of rotatable bonds is 12. The molecular formula is C35H33N5O10. The number of benzene rings is 2. The molecule has 2 heterocycles. The van der Waals surface area contributed by atoms with E-state index in [0.29, 0.717) is 35.0 Å². The van der Waals surface area contributed by atoms with Gasteiger partial charge in [-0.25, -0.2) is 19.4 Å². The van der Waals surface area contributed by atoms with E-state index in [4.69, 9.17) is 28.5 Å². The van der Waals surface area contributed by atoms with Crippen LogP contribution in [-0.4, -0.2) is 55.5 Å². The van der Waals surface area contributed by atoms with Crippen molar-refractivity contribution in [2.45, 2.75) is 26.4 Å². The Bertz CT molecular complexity index is 2040. The third-order valence-electron chi connectivity index (χ3n) is 7.71. The summed E-state index contributed by atoms with van der Waals surface area (Å²) < 4.78 is 25.0. The molecule has 0 spiro atoms. The van der Waals surface area contributed by atoms with E-state index in [1.807, 2.05) is 0 Å². The zero-order valence-corrected chi connectivity index (χ0v) is 27.3. The number of pyridine rings is 1. The predicted octanol–water partition coefficient (Wildman–Crippen LogP) is 4.69. The molecule has 0 atom stereocenters. The van der Waals surface area contributed by atoms with Gasteiger partial charge in [0, 0.05) is 40.0 Å². The fourth-order valence-electron chi connectivity index (χ4n) is 4.81. The zero-order chi connectivity index (χ0) is 35.9. The molecule has 4 aromatic rings. The maximum Gasteiger partial charge on any atom is 0.519 e. The monoisotopic (exact) mass is 683 g/mol. The SMILES string of the molecule is C=Cc1cc(C(=O)Nc2ccc(C(=N)NC(=O)OCc3oc(=O)oc3C)cc2)c(-c2ccc(C(=O)NCC3CC3)nc2C(=O)OC)cc1OC. The number of carbonyl (C=O) groups is 4. The number of hydrogen-bond acceptors (Lipinski definition) is 12. The van der Waals surface area contributed by atoms with Crippen molar-refractivity contribution in [2.24, 2.45) is 5.92 Å². The van der Waals surface area contributed by atoms with Crippen molar-refractivity contribution < 1.29 is 42.2 Å². The van der Waals surface area contributed by atoms with Gasteiger partial charge in [-0.2, -0.15) is 0 Å². The minimum absolute atomic E-state index is 0.0188. The maximum absolute atomic E-state index is 13.8. The molecular weight excluding hydrogens is 650 g/mol. The minimum Gasteiger partial charge on any atom is -0.496 e. The van der Waals surface area contributed by atoms with E-state index in [-0.39, 0.29) is 52.0 Å². The fourth-order valence-corrected chi connectivity index (χ4v) is 4.81. The molecule has 3 amide bonds. The van der Waals surface area contributed by atoms with Gasteiger partial charge in [-0.1, -0.05) is 12.7 Å². The molecule has 15 nitrogen and oxygen atoms in total. The summed E-state index contributed by atoms with van der Waals surface area (Å²) in [5.41, 5.74) is 1.60. The number of anilines is 1. The Morgan fingerprint density at radius 3 is 2.38 bits per heavy atom. The molecule has 2 aromatic carbocycles. The molecule has 0 saturated heterocycles. The molecule has 1 aliphatic rings. The summed E-state index contributed by atoms with van der Waals surface area (Å²) in [4.78, 5) is 67.2. The molecule has 5 rings (SSSR count). The van der Waals surface area contributed by atoms with Crippen LogP contribution in [0, 0.1) is 18.3 Å². The van der Waals surface area contributed by atoms with Crippen molar-refractivity contribution in [1.29, 1.82) is 5.41 Å². The van der Waals surface area contributed by atoms with Gasteiger partial charge in [0.05, 0.1) is 14.2 Å². The summed E-state index contributed by atoms with van der Waals surface area (Å²) in [7, 11) is 2.64. The number of aryl methyl sites for hydroxylation is 1. The lowest BCUT2D eigenvalue weighted by atomic mass is 9.94. The molecule has 2 aromatic heterocycles. The van der Waals surface area contributed by atoms with E-state index in [1.54, 1.807) is 12.1 Å². The third kappa shape index (κ3) is 8.13. The first kappa shape index (κ1) is 34.8. The second-order valence-electron chi connectivity index (χ2n) is 11.1. The summed E-state index contributed by atoms with van der Waals surface area (Å²) in [6, 6.07) is 12.1. The number of nitrogens with one attached hydrogen (secondary N) is 4. The van der Waals surface area contributed by atoms with Gasteiger partial charge < -0.3 is 33.7 Å². The first-order chi connectivity index (χ1) is 24.0. The number of hydrogen-bond donors (Lipinski definition) is 4. The number of aromatic nitrogens is 1. The number of alkyl carbamates (subject to hydrolysis) is 1. The van der Waals surface area contributed by atoms with Crippen LogP contribution in [0.1, 0.15) is 66.8 Å². The number of ether oxygens (including phenoxy) is 3. The van der Waals surface area contributed by atoms with Crippen LogP contribution in [0.15, 0.2) is 68.7 Å². The van der Waals surface area contributed by atoms with Gasteiger partial charge in [-0.05, 0) is 74.2 Å². The Balaban J connectivity index is 1.36. The highest BCUT2D eigenvalue weighted by Crippen LogP contribution is 2.35. The maximum atomic E-state index is 13.8. The second kappa shape index (κ2) is 15.1. The van der Waals surface area contributed by atoms with Crippen LogP contribution in [0.4, 0.5) is 10.5 Å². The van der Waals surface area contributed by atoms with E-state index in [9.17, 15) is 24.0 Å². The molecule has 0 aliphatic heterocycles. The van der Waals surface area contributed by atoms with Gasteiger partial charge in [-0.15, -0.1) is 0 Å².